The Labute approximate surface area is 120 Å². The number of nitriles is 2. The first-order valence-corrected chi connectivity index (χ1v) is 7.18. The molecule has 0 spiro atoms. The van der Waals surface area contributed by atoms with Gasteiger partial charge in [0.25, 0.3) is 0 Å². The number of nitrogens with zero attached hydrogens (tertiary/aromatic N) is 4. The van der Waals surface area contributed by atoms with Crippen molar-refractivity contribution in [1.29, 1.82) is 10.5 Å². The van der Waals surface area contributed by atoms with E-state index in [9.17, 15) is 4.79 Å². The zero-order valence-corrected chi connectivity index (χ0v) is 11.9. The Hall–Kier alpha value is -1.63. The Morgan fingerprint density at radius 1 is 1.25 bits per heavy atom. The molecule has 6 heteroatoms. The standard InChI is InChI=1S/C14H23N5O/c15-6-3-9-18(10-4-7-16)14(20)12-19-8-2-1-5-13(19)11-17/h13H,1-5,8-12,17H2. The van der Waals surface area contributed by atoms with E-state index in [1.165, 1.54) is 6.42 Å². The third kappa shape index (κ3) is 5.16. The van der Waals surface area contributed by atoms with Crippen molar-refractivity contribution < 1.29 is 4.79 Å². The Bertz CT molecular complexity index is 366. The lowest BCUT2D eigenvalue weighted by Gasteiger charge is -2.35. The first kappa shape index (κ1) is 16.4. The highest BCUT2D eigenvalue weighted by Gasteiger charge is 2.24. The van der Waals surface area contributed by atoms with Crippen LogP contribution in [-0.4, -0.2) is 54.5 Å². The molecule has 1 rings (SSSR count). The summed E-state index contributed by atoms with van der Waals surface area (Å²) < 4.78 is 0. The van der Waals surface area contributed by atoms with Crippen molar-refractivity contribution in [3.05, 3.63) is 0 Å². The molecule has 1 unspecified atom stereocenters. The van der Waals surface area contributed by atoms with Gasteiger partial charge in [-0.25, -0.2) is 0 Å². The molecular formula is C14H23N5O. The molecule has 20 heavy (non-hydrogen) atoms. The van der Waals surface area contributed by atoms with Crippen molar-refractivity contribution in [1.82, 2.24) is 9.80 Å². The summed E-state index contributed by atoms with van der Waals surface area (Å²) in [5, 5.41) is 17.3. The van der Waals surface area contributed by atoms with Crippen LogP contribution in [0.25, 0.3) is 0 Å². The number of carbonyl (C=O) groups is 1. The summed E-state index contributed by atoms with van der Waals surface area (Å²) >= 11 is 0. The second-order valence-electron chi connectivity index (χ2n) is 5.05. The fourth-order valence-corrected chi connectivity index (χ4v) is 2.54. The Morgan fingerprint density at radius 2 is 1.90 bits per heavy atom. The van der Waals surface area contributed by atoms with Gasteiger partial charge >= 0.3 is 0 Å². The van der Waals surface area contributed by atoms with E-state index in [-0.39, 0.29) is 11.9 Å². The predicted molar refractivity (Wildman–Crippen MR) is 75.3 cm³/mol. The quantitative estimate of drug-likeness (QED) is 0.729. The van der Waals surface area contributed by atoms with Crippen LogP contribution in [0.15, 0.2) is 0 Å². The van der Waals surface area contributed by atoms with Crippen molar-refractivity contribution in [2.75, 3.05) is 32.7 Å². The molecule has 0 aromatic rings. The van der Waals surface area contributed by atoms with E-state index in [0.29, 0.717) is 39.0 Å². The second-order valence-corrected chi connectivity index (χ2v) is 5.05. The van der Waals surface area contributed by atoms with Crippen molar-refractivity contribution >= 4 is 5.91 Å². The number of hydrogen-bond donors (Lipinski definition) is 1. The number of nitrogens with two attached hydrogens (primary N) is 1. The van der Waals surface area contributed by atoms with E-state index < -0.39 is 0 Å². The van der Waals surface area contributed by atoms with Crippen molar-refractivity contribution in [2.24, 2.45) is 5.73 Å². The SMILES string of the molecule is N#CCCN(CCC#N)C(=O)CN1CCCCC1CN. The Morgan fingerprint density at radius 3 is 2.45 bits per heavy atom. The van der Waals surface area contributed by atoms with Gasteiger partial charge in [0.15, 0.2) is 0 Å². The van der Waals surface area contributed by atoms with Gasteiger partial charge in [-0.15, -0.1) is 0 Å². The number of carbonyl (C=O) groups excluding carboxylic acids is 1. The summed E-state index contributed by atoms with van der Waals surface area (Å²) in [5.41, 5.74) is 5.75. The minimum Gasteiger partial charge on any atom is -0.340 e. The van der Waals surface area contributed by atoms with Gasteiger partial charge in [-0.05, 0) is 19.4 Å². The number of piperidine rings is 1. The molecule has 6 nitrogen and oxygen atoms in total. The fraction of sp³-hybridized carbons (Fsp3) is 0.786. The molecule has 1 amide bonds. The van der Waals surface area contributed by atoms with Crippen LogP contribution in [0.3, 0.4) is 0 Å². The summed E-state index contributed by atoms with van der Waals surface area (Å²) in [6, 6.07) is 4.36. The average Bonchev–Trinajstić information content (AvgIpc) is 2.47. The molecule has 0 aromatic heterocycles. The number of likely N-dealkylation sites (tertiary alicyclic amines) is 1. The molecule has 0 saturated carbocycles. The van der Waals surface area contributed by atoms with Gasteiger partial charge in [-0.1, -0.05) is 6.42 Å². The molecule has 1 aliphatic rings. The number of amides is 1. The van der Waals surface area contributed by atoms with Gasteiger partial charge in [-0.3, -0.25) is 9.69 Å². The zero-order chi connectivity index (χ0) is 14.8. The fourth-order valence-electron chi connectivity index (χ4n) is 2.54. The number of rotatable bonds is 7. The molecule has 1 saturated heterocycles. The van der Waals surface area contributed by atoms with Gasteiger partial charge < -0.3 is 10.6 Å². The normalized spacial score (nSPS) is 19.1. The first-order chi connectivity index (χ1) is 9.72. The molecule has 1 fully saturated rings. The lowest BCUT2D eigenvalue weighted by Crippen LogP contribution is -2.49. The third-order valence-electron chi connectivity index (χ3n) is 3.70. The maximum Gasteiger partial charge on any atom is 0.236 e. The molecule has 0 radical (unpaired) electrons. The maximum atomic E-state index is 12.3. The van der Waals surface area contributed by atoms with Gasteiger partial charge in [0.05, 0.1) is 31.5 Å². The molecule has 2 N–H and O–H groups in total. The van der Waals surface area contributed by atoms with Crippen LogP contribution in [0, 0.1) is 22.7 Å². The molecule has 0 aliphatic carbocycles. The summed E-state index contributed by atoms with van der Waals surface area (Å²) in [6.07, 6.45) is 3.91. The predicted octanol–water partition coefficient (Wildman–Crippen LogP) is 0.456. The number of hydrogen-bond acceptors (Lipinski definition) is 5. The average molecular weight is 277 g/mol. The van der Waals surface area contributed by atoms with Crippen molar-refractivity contribution in [2.45, 2.75) is 38.1 Å². The monoisotopic (exact) mass is 277 g/mol. The summed E-state index contributed by atoms with van der Waals surface area (Å²) in [7, 11) is 0. The topological polar surface area (TPSA) is 97.1 Å². The van der Waals surface area contributed by atoms with Crippen LogP contribution in [0.5, 0.6) is 0 Å². The van der Waals surface area contributed by atoms with Crippen molar-refractivity contribution in [3.63, 3.8) is 0 Å². The minimum atomic E-state index is -0.00384. The van der Waals surface area contributed by atoms with Crippen LogP contribution in [0.4, 0.5) is 0 Å². The van der Waals surface area contributed by atoms with Crippen LogP contribution < -0.4 is 5.73 Å². The highest BCUT2D eigenvalue weighted by Crippen LogP contribution is 2.16. The molecular weight excluding hydrogens is 254 g/mol. The van der Waals surface area contributed by atoms with Crippen LogP contribution in [-0.2, 0) is 4.79 Å². The van der Waals surface area contributed by atoms with E-state index >= 15 is 0 Å². The van der Waals surface area contributed by atoms with Crippen molar-refractivity contribution in [3.8, 4) is 12.1 Å². The highest BCUT2D eigenvalue weighted by molar-refractivity contribution is 5.78. The Balaban J connectivity index is 2.55. The minimum absolute atomic E-state index is 0.00384. The zero-order valence-electron chi connectivity index (χ0n) is 11.9. The van der Waals surface area contributed by atoms with E-state index in [1.807, 2.05) is 12.1 Å². The molecule has 110 valence electrons. The summed E-state index contributed by atoms with van der Waals surface area (Å²) in [6.45, 7) is 2.62. The lowest BCUT2D eigenvalue weighted by atomic mass is 10.0. The van der Waals surface area contributed by atoms with Gasteiger partial charge in [0, 0.05) is 25.7 Å². The van der Waals surface area contributed by atoms with E-state index in [2.05, 4.69) is 4.90 Å². The summed E-state index contributed by atoms with van der Waals surface area (Å²) in [5.74, 6) is -0.00384. The van der Waals surface area contributed by atoms with Gasteiger partial charge in [0.1, 0.15) is 0 Å². The van der Waals surface area contributed by atoms with E-state index in [0.717, 1.165) is 19.4 Å². The molecule has 0 bridgehead atoms. The van der Waals surface area contributed by atoms with Crippen LogP contribution in [0.1, 0.15) is 32.1 Å². The molecule has 1 atom stereocenters. The summed E-state index contributed by atoms with van der Waals surface area (Å²) in [4.78, 5) is 16.1. The highest BCUT2D eigenvalue weighted by atomic mass is 16.2. The van der Waals surface area contributed by atoms with Crippen LogP contribution >= 0.6 is 0 Å². The lowest BCUT2D eigenvalue weighted by molar-refractivity contribution is -0.133. The van der Waals surface area contributed by atoms with E-state index in [1.54, 1.807) is 4.90 Å². The first-order valence-electron chi connectivity index (χ1n) is 7.18. The van der Waals surface area contributed by atoms with E-state index in [4.69, 9.17) is 16.3 Å². The second kappa shape index (κ2) is 9.30. The molecule has 1 heterocycles. The third-order valence-corrected chi connectivity index (χ3v) is 3.70. The smallest absolute Gasteiger partial charge is 0.236 e. The molecule has 1 aliphatic heterocycles. The largest absolute Gasteiger partial charge is 0.340 e. The van der Waals surface area contributed by atoms with Crippen LogP contribution in [0.2, 0.25) is 0 Å². The van der Waals surface area contributed by atoms with Gasteiger partial charge in [0.2, 0.25) is 5.91 Å². The van der Waals surface area contributed by atoms with Gasteiger partial charge in [-0.2, -0.15) is 10.5 Å². The maximum absolute atomic E-state index is 12.3. The molecule has 0 aromatic carbocycles. The Kier molecular flexibility index (Phi) is 7.64.